The average molecular weight is 368 g/mol. The second-order valence-electron chi connectivity index (χ2n) is 6.07. The second kappa shape index (κ2) is 11.6. The molecule has 27 heavy (non-hydrogen) atoms. The van der Waals surface area contributed by atoms with E-state index in [2.05, 4.69) is 20.9 Å². The summed E-state index contributed by atoms with van der Waals surface area (Å²) in [6, 6.07) is 17.7. The van der Waals surface area contributed by atoms with Gasteiger partial charge in [0.15, 0.2) is 5.96 Å². The van der Waals surface area contributed by atoms with Crippen LogP contribution in [0.3, 0.4) is 0 Å². The molecule has 144 valence electrons. The predicted octanol–water partition coefficient (Wildman–Crippen LogP) is 2.82. The first-order valence-electron chi connectivity index (χ1n) is 9.16. The van der Waals surface area contributed by atoms with Crippen molar-refractivity contribution in [1.82, 2.24) is 10.6 Å². The van der Waals surface area contributed by atoms with Gasteiger partial charge in [-0.3, -0.25) is 9.79 Å². The Hall–Kier alpha value is -3.02. The van der Waals surface area contributed by atoms with Crippen molar-refractivity contribution in [1.29, 1.82) is 0 Å². The van der Waals surface area contributed by atoms with E-state index >= 15 is 0 Å². The lowest BCUT2D eigenvalue weighted by atomic mass is 10.1. The molecule has 0 aliphatic heterocycles. The van der Waals surface area contributed by atoms with Gasteiger partial charge in [0, 0.05) is 32.7 Å². The van der Waals surface area contributed by atoms with E-state index in [0.717, 1.165) is 43.3 Å². The Morgan fingerprint density at radius 1 is 1.00 bits per heavy atom. The van der Waals surface area contributed by atoms with Gasteiger partial charge < -0.3 is 20.7 Å². The number of rotatable bonds is 9. The SMILES string of the molecule is CN=C(NCCCOc1ccccc1)NCCc1ccc(NC(C)=O)cc1. The van der Waals surface area contributed by atoms with Gasteiger partial charge in [-0.05, 0) is 42.7 Å². The molecular formula is C21H28N4O2. The summed E-state index contributed by atoms with van der Waals surface area (Å²) in [7, 11) is 1.76. The first kappa shape index (κ1) is 20.3. The molecule has 0 unspecified atom stereocenters. The highest BCUT2D eigenvalue weighted by molar-refractivity contribution is 5.88. The third-order valence-electron chi connectivity index (χ3n) is 3.83. The third-order valence-corrected chi connectivity index (χ3v) is 3.83. The van der Waals surface area contributed by atoms with E-state index < -0.39 is 0 Å². The number of hydrogen-bond donors (Lipinski definition) is 3. The van der Waals surface area contributed by atoms with Crippen LogP contribution in [0, 0.1) is 0 Å². The van der Waals surface area contributed by atoms with Gasteiger partial charge >= 0.3 is 0 Å². The molecule has 0 saturated heterocycles. The van der Waals surface area contributed by atoms with E-state index in [1.807, 2.05) is 54.6 Å². The van der Waals surface area contributed by atoms with Gasteiger partial charge in [-0.2, -0.15) is 0 Å². The Labute approximate surface area is 161 Å². The summed E-state index contributed by atoms with van der Waals surface area (Å²) >= 11 is 0. The van der Waals surface area contributed by atoms with Gasteiger partial charge in [-0.15, -0.1) is 0 Å². The van der Waals surface area contributed by atoms with Crippen LogP contribution >= 0.6 is 0 Å². The number of anilines is 1. The average Bonchev–Trinajstić information content (AvgIpc) is 2.68. The fraction of sp³-hybridized carbons (Fsp3) is 0.333. The molecular weight excluding hydrogens is 340 g/mol. The van der Waals surface area contributed by atoms with Crippen molar-refractivity contribution in [3.63, 3.8) is 0 Å². The van der Waals surface area contributed by atoms with Gasteiger partial charge in [0.1, 0.15) is 5.75 Å². The molecule has 1 amide bonds. The molecule has 6 heteroatoms. The molecule has 0 spiro atoms. The van der Waals surface area contributed by atoms with E-state index in [1.54, 1.807) is 7.05 Å². The van der Waals surface area contributed by atoms with Crippen molar-refractivity contribution in [2.75, 3.05) is 32.1 Å². The number of nitrogens with one attached hydrogen (secondary N) is 3. The molecule has 0 atom stereocenters. The topological polar surface area (TPSA) is 74.8 Å². The predicted molar refractivity (Wildman–Crippen MR) is 110 cm³/mol. The molecule has 0 aliphatic carbocycles. The normalized spacial score (nSPS) is 11.0. The standard InChI is InChI=1S/C21H28N4O2/c1-17(26)25-19-11-9-18(10-12-19)13-15-24-21(22-2)23-14-6-16-27-20-7-4-3-5-8-20/h3-5,7-12H,6,13-16H2,1-2H3,(H,25,26)(H2,22,23,24). The fourth-order valence-corrected chi connectivity index (χ4v) is 2.49. The molecule has 3 N–H and O–H groups in total. The number of amides is 1. The van der Waals surface area contributed by atoms with Crippen molar-refractivity contribution >= 4 is 17.6 Å². The molecule has 6 nitrogen and oxygen atoms in total. The van der Waals surface area contributed by atoms with Crippen LogP contribution in [0.15, 0.2) is 59.6 Å². The molecule has 2 aromatic rings. The number of benzene rings is 2. The van der Waals surface area contributed by atoms with E-state index in [1.165, 1.54) is 12.5 Å². The first-order chi connectivity index (χ1) is 13.2. The first-order valence-corrected chi connectivity index (χ1v) is 9.16. The molecule has 0 saturated carbocycles. The fourth-order valence-electron chi connectivity index (χ4n) is 2.49. The Balaban J connectivity index is 1.60. The van der Waals surface area contributed by atoms with Gasteiger partial charge in [0.2, 0.25) is 5.91 Å². The van der Waals surface area contributed by atoms with E-state index in [4.69, 9.17) is 4.74 Å². The number of aliphatic imine (C=N–C) groups is 1. The minimum atomic E-state index is -0.0616. The van der Waals surface area contributed by atoms with Crippen LogP contribution in [0.25, 0.3) is 0 Å². The Bertz CT molecular complexity index is 715. The van der Waals surface area contributed by atoms with Crippen molar-refractivity contribution in [3.8, 4) is 5.75 Å². The number of ether oxygens (including phenoxy) is 1. The van der Waals surface area contributed by atoms with Crippen LogP contribution in [-0.2, 0) is 11.2 Å². The Morgan fingerprint density at radius 3 is 2.37 bits per heavy atom. The number of guanidine groups is 1. The lowest BCUT2D eigenvalue weighted by Crippen LogP contribution is -2.39. The second-order valence-corrected chi connectivity index (χ2v) is 6.07. The smallest absolute Gasteiger partial charge is 0.221 e. The molecule has 0 heterocycles. The molecule has 0 aliphatic rings. The van der Waals surface area contributed by atoms with Gasteiger partial charge in [-0.1, -0.05) is 30.3 Å². The molecule has 0 radical (unpaired) electrons. The zero-order valence-corrected chi connectivity index (χ0v) is 16.0. The summed E-state index contributed by atoms with van der Waals surface area (Å²) in [5.41, 5.74) is 2.01. The zero-order chi connectivity index (χ0) is 19.3. The van der Waals surface area contributed by atoms with Crippen LogP contribution in [0.5, 0.6) is 5.75 Å². The largest absolute Gasteiger partial charge is 0.494 e. The molecule has 0 fully saturated rings. The minimum absolute atomic E-state index is 0.0616. The van der Waals surface area contributed by atoms with E-state index in [0.29, 0.717) is 6.61 Å². The number of nitrogens with zero attached hydrogens (tertiary/aromatic N) is 1. The Kier molecular flexibility index (Phi) is 8.69. The van der Waals surface area contributed by atoms with Gasteiger partial charge in [0.05, 0.1) is 6.61 Å². The van der Waals surface area contributed by atoms with Gasteiger partial charge in [-0.25, -0.2) is 0 Å². The zero-order valence-electron chi connectivity index (χ0n) is 16.0. The highest BCUT2D eigenvalue weighted by Gasteiger charge is 2.00. The summed E-state index contributed by atoms with van der Waals surface area (Å²) in [5, 5.41) is 9.35. The van der Waals surface area contributed by atoms with Crippen molar-refractivity contribution < 1.29 is 9.53 Å². The number of para-hydroxylation sites is 1. The number of hydrogen-bond acceptors (Lipinski definition) is 3. The van der Waals surface area contributed by atoms with Crippen LogP contribution in [0.1, 0.15) is 18.9 Å². The van der Waals surface area contributed by atoms with Crippen molar-refractivity contribution in [3.05, 3.63) is 60.2 Å². The molecule has 2 rings (SSSR count). The van der Waals surface area contributed by atoms with Crippen LogP contribution in [0.4, 0.5) is 5.69 Å². The number of carbonyl (C=O) groups is 1. The lowest BCUT2D eigenvalue weighted by molar-refractivity contribution is -0.114. The van der Waals surface area contributed by atoms with E-state index in [-0.39, 0.29) is 5.91 Å². The summed E-state index contributed by atoms with van der Waals surface area (Å²) in [4.78, 5) is 15.3. The molecule has 0 aromatic heterocycles. The van der Waals surface area contributed by atoms with Crippen LogP contribution in [0.2, 0.25) is 0 Å². The molecule has 2 aromatic carbocycles. The van der Waals surface area contributed by atoms with Crippen LogP contribution < -0.4 is 20.7 Å². The highest BCUT2D eigenvalue weighted by atomic mass is 16.5. The third kappa shape index (κ3) is 8.27. The monoisotopic (exact) mass is 368 g/mol. The van der Waals surface area contributed by atoms with Crippen LogP contribution in [-0.4, -0.2) is 38.6 Å². The summed E-state index contributed by atoms with van der Waals surface area (Å²) in [5.74, 6) is 1.61. The summed E-state index contributed by atoms with van der Waals surface area (Å²) < 4.78 is 5.67. The maximum absolute atomic E-state index is 11.0. The lowest BCUT2D eigenvalue weighted by Gasteiger charge is -2.12. The van der Waals surface area contributed by atoms with Crippen molar-refractivity contribution in [2.24, 2.45) is 4.99 Å². The quantitative estimate of drug-likeness (QED) is 0.361. The van der Waals surface area contributed by atoms with Crippen molar-refractivity contribution in [2.45, 2.75) is 19.8 Å². The minimum Gasteiger partial charge on any atom is -0.494 e. The molecule has 0 bridgehead atoms. The highest BCUT2D eigenvalue weighted by Crippen LogP contribution is 2.10. The summed E-state index contributed by atoms with van der Waals surface area (Å²) in [6.45, 7) is 3.73. The number of carbonyl (C=O) groups excluding carboxylic acids is 1. The summed E-state index contributed by atoms with van der Waals surface area (Å²) in [6.07, 6.45) is 1.76. The Morgan fingerprint density at radius 2 is 1.70 bits per heavy atom. The maximum Gasteiger partial charge on any atom is 0.221 e. The maximum atomic E-state index is 11.0. The van der Waals surface area contributed by atoms with Gasteiger partial charge in [0.25, 0.3) is 0 Å². The van der Waals surface area contributed by atoms with E-state index in [9.17, 15) is 4.79 Å².